The van der Waals surface area contributed by atoms with Crippen molar-refractivity contribution >= 4 is 16.9 Å². The van der Waals surface area contributed by atoms with Crippen LogP contribution in [0.2, 0.25) is 0 Å². The highest BCUT2D eigenvalue weighted by molar-refractivity contribution is 5.83. The fraction of sp³-hybridized carbons (Fsp3) is 0.524. The van der Waals surface area contributed by atoms with Crippen molar-refractivity contribution in [2.24, 2.45) is 4.99 Å². The molecule has 0 unspecified atom stereocenters. The van der Waals surface area contributed by atoms with Crippen molar-refractivity contribution in [1.82, 2.24) is 15.6 Å². The van der Waals surface area contributed by atoms with Crippen LogP contribution in [-0.4, -0.2) is 37.2 Å². The summed E-state index contributed by atoms with van der Waals surface area (Å²) in [7, 11) is 1.80. The maximum atomic E-state index is 6.02. The van der Waals surface area contributed by atoms with Crippen LogP contribution in [0.5, 0.6) is 0 Å². The Kier molecular flexibility index (Phi) is 7.25. The minimum Gasteiger partial charge on any atom is -0.376 e. The first kappa shape index (κ1) is 18.6. The molecular weight excluding hydrogens is 324 g/mol. The van der Waals surface area contributed by atoms with Crippen LogP contribution in [0.4, 0.5) is 0 Å². The number of hydrogen-bond acceptors (Lipinski definition) is 3. The van der Waals surface area contributed by atoms with E-state index in [4.69, 9.17) is 4.74 Å². The summed E-state index contributed by atoms with van der Waals surface area (Å²) < 4.78 is 6.02. The van der Waals surface area contributed by atoms with Crippen molar-refractivity contribution in [2.75, 3.05) is 20.2 Å². The number of nitrogens with one attached hydrogen (secondary N) is 2. The van der Waals surface area contributed by atoms with Crippen molar-refractivity contribution < 1.29 is 4.74 Å². The fourth-order valence-corrected chi connectivity index (χ4v) is 3.51. The SMILES string of the molecule is CN=C(NCCOC1CCCCCC1)NCc1ccnc2ccccc12. The van der Waals surface area contributed by atoms with E-state index >= 15 is 0 Å². The van der Waals surface area contributed by atoms with E-state index in [-0.39, 0.29) is 0 Å². The predicted molar refractivity (Wildman–Crippen MR) is 107 cm³/mol. The Bertz CT molecular complexity index is 703. The Morgan fingerprint density at radius 1 is 1.12 bits per heavy atom. The number of para-hydroxylation sites is 1. The van der Waals surface area contributed by atoms with Crippen LogP contribution in [0.1, 0.15) is 44.1 Å². The summed E-state index contributed by atoms with van der Waals surface area (Å²) in [5, 5.41) is 7.90. The van der Waals surface area contributed by atoms with Crippen LogP contribution in [0.3, 0.4) is 0 Å². The Balaban J connectivity index is 1.43. The van der Waals surface area contributed by atoms with Gasteiger partial charge >= 0.3 is 0 Å². The number of fused-ring (bicyclic) bond motifs is 1. The number of nitrogens with zero attached hydrogens (tertiary/aromatic N) is 2. The molecule has 5 nitrogen and oxygen atoms in total. The van der Waals surface area contributed by atoms with Gasteiger partial charge in [0.25, 0.3) is 0 Å². The predicted octanol–water partition coefficient (Wildman–Crippen LogP) is 3.64. The number of aromatic nitrogens is 1. The lowest BCUT2D eigenvalue weighted by molar-refractivity contribution is 0.0468. The van der Waals surface area contributed by atoms with E-state index in [9.17, 15) is 0 Å². The molecule has 3 rings (SSSR count). The maximum Gasteiger partial charge on any atom is 0.191 e. The van der Waals surface area contributed by atoms with E-state index in [1.165, 1.54) is 49.5 Å². The number of benzene rings is 1. The first-order chi connectivity index (χ1) is 12.9. The lowest BCUT2D eigenvalue weighted by Gasteiger charge is -2.17. The van der Waals surface area contributed by atoms with E-state index in [1.807, 2.05) is 24.4 Å². The summed E-state index contributed by atoms with van der Waals surface area (Å²) in [6.07, 6.45) is 10.1. The van der Waals surface area contributed by atoms with Gasteiger partial charge in [0.05, 0.1) is 18.2 Å². The van der Waals surface area contributed by atoms with Crippen molar-refractivity contribution in [3.63, 3.8) is 0 Å². The number of pyridine rings is 1. The smallest absolute Gasteiger partial charge is 0.191 e. The zero-order valence-corrected chi connectivity index (χ0v) is 15.7. The van der Waals surface area contributed by atoms with Gasteiger partial charge in [0.1, 0.15) is 0 Å². The van der Waals surface area contributed by atoms with Crippen molar-refractivity contribution in [1.29, 1.82) is 0 Å². The first-order valence-electron chi connectivity index (χ1n) is 9.75. The lowest BCUT2D eigenvalue weighted by Crippen LogP contribution is -2.39. The van der Waals surface area contributed by atoms with Crippen LogP contribution in [0, 0.1) is 0 Å². The quantitative estimate of drug-likeness (QED) is 0.360. The largest absolute Gasteiger partial charge is 0.376 e. The van der Waals surface area contributed by atoms with Crippen LogP contribution in [0.15, 0.2) is 41.5 Å². The number of rotatable bonds is 6. The standard InChI is InChI=1S/C21H30N4O/c1-22-21(24-14-15-26-18-8-4-2-3-5-9-18)25-16-17-12-13-23-20-11-7-6-10-19(17)20/h6-7,10-13,18H,2-5,8-9,14-16H2,1H3,(H2,22,24,25). The van der Waals surface area contributed by atoms with Gasteiger partial charge in [-0.15, -0.1) is 0 Å². The number of aliphatic imine (C=N–C) groups is 1. The van der Waals surface area contributed by atoms with Crippen molar-refractivity contribution in [3.05, 3.63) is 42.1 Å². The molecule has 0 aliphatic heterocycles. The average Bonchev–Trinajstić information content (AvgIpc) is 2.96. The second-order valence-corrected chi connectivity index (χ2v) is 6.82. The Labute approximate surface area is 156 Å². The Hall–Kier alpha value is -2.14. The molecule has 1 aliphatic carbocycles. The zero-order chi connectivity index (χ0) is 18.0. The normalized spacial score (nSPS) is 16.4. The molecule has 1 saturated carbocycles. The van der Waals surface area contributed by atoms with E-state index in [1.54, 1.807) is 7.05 Å². The average molecular weight is 354 g/mol. The van der Waals surface area contributed by atoms with E-state index < -0.39 is 0 Å². The van der Waals surface area contributed by atoms with Gasteiger partial charge in [-0.1, -0.05) is 43.9 Å². The molecule has 0 saturated heterocycles. The van der Waals surface area contributed by atoms with Crippen LogP contribution >= 0.6 is 0 Å². The highest BCUT2D eigenvalue weighted by Gasteiger charge is 2.12. The highest BCUT2D eigenvalue weighted by atomic mass is 16.5. The molecule has 1 aromatic carbocycles. The van der Waals surface area contributed by atoms with Gasteiger partial charge in [-0.2, -0.15) is 0 Å². The highest BCUT2D eigenvalue weighted by Crippen LogP contribution is 2.19. The van der Waals surface area contributed by atoms with Gasteiger partial charge in [-0.05, 0) is 30.5 Å². The molecule has 26 heavy (non-hydrogen) atoms. The molecule has 1 heterocycles. The molecule has 0 spiro atoms. The molecule has 0 radical (unpaired) electrons. The first-order valence-corrected chi connectivity index (χ1v) is 9.75. The van der Waals surface area contributed by atoms with Gasteiger partial charge in [0.2, 0.25) is 0 Å². The van der Waals surface area contributed by atoms with Crippen LogP contribution in [0.25, 0.3) is 10.9 Å². The van der Waals surface area contributed by atoms with E-state index in [0.29, 0.717) is 12.6 Å². The monoisotopic (exact) mass is 354 g/mol. The molecule has 1 aliphatic rings. The molecule has 140 valence electrons. The molecule has 0 atom stereocenters. The molecule has 0 amide bonds. The maximum absolute atomic E-state index is 6.02. The van der Waals surface area contributed by atoms with Crippen LogP contribution in [-0.2, 0) is 11.3 Å². The topological polar surface area (TPSA) is 58.5 Å². The molecule has 5 heteroatoms. The Morgan fingerprint density at radius 2 is 1.92 bits per heavy atom. The number of ether oxygens (including phenoxy) is 1. The fourth-order valence-electron chi connectivity index (χ4n) is 3.51. The van der Waals surface area contributed by atoms with Crippen molar-refractivity contribution in [2.45, 2.75) is 51.2 Å². The summed E-state index contributed by atoms with van der Waals surface area (Å²) in [6.45, 7) is 2.21. The lowest BCUT2D eigenvalue weighted by atomic mass is 10.1. The van der Waals surface area contributed by atoms with Gasteiger partial charge < -0.3 is 15.4 Å². The van der Waals surface area contributed by atoms with Gasteiger partial charge in [0, 0.05) is 31.7 Å². The third-order valence-corrected chi connectivity index (χ3v) is 4.96. The second kappa shape index (κ2) is 10.1. The third-order valence-electron chi connectivity index (χ3n) is 4.96. The molecular formula is C21H30N4O. The van der Waals surface area contributed by atoms with Gasteiger partial charge in [-0.3, -0.25) is 9.98 Å². The summed E-state index contributed by atoms with van der Waals surface area (Å²) >= 11 is 0. The number of guanidine groups is 1. The summed E-state index contributed by atoms with van der Waals surface area (Å²) in [5.41, 5.74) is 2.24. The summed E-state index contributed by atoms with van der Waals surface area (Å²) in [6, 6.07) is 10.3. The molecule has 1 aromatic heterocycles. The Morgan fingerprint density at radius 3 is 2.73 bits per heavy atom. The van der Waals surface area contributed by atoms with E-state index in [2.05, 4.69) is 32.7 Å². The van der Waals surface area contributed by atoms with Gasteiger partial charge in [-0.25, -0.2) is 0 Å². The summed E-state index contributed by atoms with van der Waals surface area (Å²) in [4.78, 5) is 8.72. The second-order valence-electron chi connectivity index (χ2n) is 6.82. The third kappa shape index (κ3) is 5.43. The summed E-state index contributed by atoms with van der Waals surface area (Å²) in [5.74, 6) is 0.801. The minimum atomic E-state index is 0.442. The van der Waals surface area contributed by atoms with Crippen molar-refractivity contribution in [3.8, 4) is 0 Å². The van der Waals surface area contributed by atoms with E-state index in [0.717, 1.165) is 24.6 Å². The zero-order valence-electron chi connectivity index (χ0n) is 15.7. The molecule has 2 aromatic rings. The van der Waals surface area contributed by atoms with Crippen LogP contribution < -0.4 is 10.6 Å². The molecule has 1 fully saturated rings. The van der Waals surface area contributed by atoms with Gasteiger partial charge in [0.15, 0.2) is 5.96 Å². The number of hydrogen-bond donors (Lipinski definition) is 2. The molecule has 2 N–H and O–H groups in total. The molecule has 0 bridgehead atoms. The minimum absolute atomic E-state index is 0.442.